The van der Waals surface area contributed by atoms with Gasteiger partial charge in [-0.15, -0.1) is 11.6 Å². The lowest BCUT2D eigenvalue weighted by Crippen LogP contribution is -2.49. The minimum absolute atomic E-state index is 0.431. The predicted octanol–water partition coefficient (Wildman–Crippen LogP) is 3.00. The minimum atomic E-state index is 0.431. The second-order valence-electron chi connectivity index (χ2n) is 4.88. The minimum Gasteiger partial charge on any atom is -0.354 e. The zero-order chi connectivity index (χ0) is 13.1. The van der Waals surface area contributed by atoms with E-state index >= 15 is 0 Å². The Morgan fingerprint density at radius 3 is 2.50 bits per heavy atom. The van der Waals surface area contributed by atoms with Gasteiger partial charge in [0.15, 0.2) is 0 Å². The van der Waals surface area contributed by atoms with E-state index in [4.69, 9.17) is 23.2 Å². The van der Waals surface area contributed by atoms with Crippen molar-refractivity contribution in [3.05, 3.63) is 22.8 Å². The molecule has 0 spiro atoms. The highest BCUT2D eigenvalue weighted by Crippen LogP contribution is 2.23. The number of rotatable bonds is 3. The molecule has 100 valence electrons. The molecule has 0 bridgehead atoms. The van der Waals surface area contributed by atoms with Gasteiger partial charge in [-0.1, -0.05) is 11.6 Å². The summed E-state index contributed by atoms with van der Waals surface area (Å²) in [5.41, 5.74) is 0.953. The number of alkyl halides is 1. The van der Waals surface area contributed by atoms with Gasteiger partial charge in [0.05, 0.1) is 5.02 Å². The van der Waals surface area contributed by atoms with Crippen LogP contribution in [0.5, 0.6) is 0 Å². The van der Waals surface area contributed by atoms with Crippen LogP contribution in [0.25, 0.3) is 0 Å². The van der Waals surface area contributed by atoms with Crippen LogP contribution in [0.3, 0.4) is 0 Å². The maximum Gasteiger partial charge on any atom is 0.128 e. The van der Waals surface area contributed by atoms with Crippen molar-refractivity contribution in [2.45, 2.75) is 25.8 Å². The Labute approximate surface area is 119 Å². The molecule has 18 heavy (non-hydrogen) atoms. The Hall–Kier alpha value is -0.510. The number of piperazine rings is 1. The standard InChI is InChI=1S/C13H19Cl2N3/c1-10(2)17-3-5-18(6-4-17)13-7-11(8-14)12(15)9-16-13/h7,9-10H,3-6,8H2,1-2H3. The summed E-state index contributed by atoms with van der Waals surface area (Å²) in [6.07, 6.45) is 1.70. The first-order chi connectivity index (χ1) is 8.61. The second-order valence-corrected chi connectivity index (χ2v) is 5.56. The van der Waals surface area contributed by atoms with Crippen molar-refractivity contribution in [2.75, 3.05) is 31.1 Å². The molecule has 0 aliphatic carbocycles. The van der Waals surface area contributed by atoms with E-state index in [2.05, 4.69) is 28.6 Å². The number of hydrogen-bond acceptors (Lipinski definition) is 3. The lowest BCUT2D eigenvalue weighted by molar-refractivity contribution is 0.209. The van der Waals surface area contributed by atoms with Crippen LogP contribution in [-0.2, 0) is 5.88 Å². The van der Waals surface area contributed by atoms with Gasteiger partial charge in [-0.2, -0.15) is 0 Å². The van der Waals surface area contributed by atoms with Crippen LogP contribution in [0.1, 0.15) is 19.4 Å². The first-order valence-corrected chi connectivity index (χ1v) is 7.22. The monoisotopic (exact) mass is 287 g/mol. The third kappa shape index (κ3) is 3.08. The number of aromatic nitrogens is 1. The zero-order valence-electron chi connectivity index (χ0n) is 10.9. The molecule has 1 aromatic heterocycles. The highest BCUT2D eigenvalue weighted by Gasteiger charge is 2.20. The smallest absolute Gasteiger partial charge is 0.128 e. The summed E-state index contributed by atoms with van der Waals surface area (Å²) in [4.78, 5) is 9.18. The van der Waals surface area contributed by atoms with Gasteiger partial charge in [0.25, 0.3) is 0 Å². The van der Waals surface area contributed by atoms with Crippen molar-refractivity contribution in [3.63, 3.8) is 0 Å². The Morgan fingerprint density at radius 1 is 1.28 bits per heavy atom. The fourth-order valence-electron chi connectivity index (χ4n) is 2.21. The van der Waals surface area contributed by atoms with Crippen molar-refractivity contribution < 1.29 is 0 Å². The van der Waals surface area contributed by atoms with Crippen LogP contribution in [0, 0.1) is 0 Å². The number of nitrogens with zero attached hydrogens (tertiary/aromatic N) is 3. The van der Waals surface area contributed by atoms with Gasteiger partial charge in [0.2, 0.25) is 0 Å². The number of pyridine rings is 1. The maximum atomic E-state index is 6.03. The van der Waals surface area contributed by atoms with Gasteiger partial charge in [-0.3, -0.25) is 4.90 Å². The average molecular weight is 288 g/mol. The SMILES string of the molecule is CC(C)N1CCN(c2cc(CCl)c(Cl)cn2)CC1. The summed E-state index contributed by atoms with van der Waals surface area (Å²) in [6.45, 7) is 8.66. The quantitative estimate of drug-likeness (QED) is 0.797. The molecule has 2 heterocycles. The number of hydrogen-bond donors (Lipinski definition) is 0. The zero-order valence-corrected chi connectivity index (χ0v) is 12.4. The molecule has 1 aliphatic heterocycles. The van der Waals surface area contributed by atoms with Crippen molar-refractivity contribution in [1.82, 2.24) is 9.88 Å². The predicted molar refractivity (Wildman–Crippen MR) is 77.7 cm³/mol. The third-order valence-corrected chi connectivity index (χ3v) is 4.06. The highest BCUT2D eigenvalue weighted by molar-refractivity contribution is 6.32. The van der Waals surface area contributed by atoms with Gasteiger partial charge in [0, 0.05) is 44.3 Å². The molecule has 1 fully saturated rings. The molecule has 0 N–H and O–H groups in total. The highest BCUT2D eigenvalue weighted by atomic mass is 35.5. The fraction of sp³-hybridized carbons (Fsp3) is 0.615. The van der Waals surface area contributed by atoms with Crippen molar-refractivity contribution >= 4 is 29.0 Å². The summed E-state index contributed by atoms with van der Waals surface area (Å²) in [7, 11) is 0. The van der Waals surface area contributed by atoms with E-state index in [0.717, 1.165) is 37.6 Å². The summed E-state index contributed by atoms with van der Waals surface area (Å²) in [5, 5.41) is 0.648. The lowest BCUT2D eigenvalue weighted by Gasteiger charge is -2.37. The van der Waals surface area contributed by atoms with E-state index in [0.29, 0.717) is 16.9 Å². The summed E-state index contributed by atoms with van der Waals surface area (Å²) in [6, 6.07) is 2.61. The lowest BCUT2D eigenvalue weighted by atomic mass is 10.2. The van der Waals surface area contributed by atoms with Crippen LogP contribution in [0.15, 0.2) is 12.3 Å². The van der Waals surface area contributed by atoms with E-state index in [1.54, 1.807) is 6.20 Å². The van der Waals surface area contributed by atoms with Gasteiger partial charge in [-0.05, 0) is 25.5 Å². The van der Waals surface area contributed by atoms with E-state index in [1.807, 2.05) is 6.07 Å². The fourth-order valence-corrected chi connectivity index (χ4v) is 2.67. The van der Waals surface area contributed by atoms with Crippen LogP contribution < -0.4 is 4.90 Å². The Morgan fingerprint density at radius 2 is 1.94 bits per heavy atom. The first kappa shape index (κ1) is 13.9. The first-order valence-electron chi connectivity index (χ1n) is 6.31. The van der Waals surface area contributed by atoms with Crippen LogP contribution in [0.4, 0.5) is 5.82 Å². The van der Waals surface area contributed by atoms with E-state index in [9.17, 15) is 0 Å². The summed E-state index contributed by atoms with van der Waals surface area (Å²) >= 11 is 11.9. The molecule has 0 saturated carbocycles. The molecule has 0 amide bonds. The van der Waals surface area contributed by atoms with E-state index in [1.165, 1.54) is 0 Å². The molecule has 0 atom stereocenters. The molecule has 5 heteroatoms. The average Bonchev–Trinajstić information content (AvgIpc) is 2.39. The topological polar surface area (TPSA) is 19.4 Å². The van der Waals surface area contributed by atoms with Crippen molar-refractivity contribution in [1.29, 1.82) is 0 Å². The molecule has 1 aromatic rings. The van der Waals surface area contributed by atoms with E-state index in [-0.39, 0.29) is 0 Å². The second kappa shape index (κ2) is 6.09. The van der Waals surface area contributed by atoms with Crippen LogP contribution in [0.2, 0.25) is 5.02 Å². The molecule has 1 saturated heterocycles. The molecule has 0 unspecified atom stereocenters. The van der Waals surface area contributed by atoms with Gasteiger partial charge in [-0.25, -0.2) is 4.98 Å². The molecule has 1 aliphatic rings. The Balaban J connectivity index is 2.05. The molecular weight excluding hydrogens is 269 g/mol. The Kier molecular flexibility index (Phi) is 4.71. The van der Waals surface area contributed by atoms with Crippen LogP contribution >= 0.6 is 23.2 Å². The summed E-state index contributed by atoms with van der Waals surface area (Å²) in [5.74, 6) is 1.42. The number of anilines is 1. The largest absolute Gasteiger partial charge is 0.354 e. The third-order valence-electron chi connectivity index (χ3n) is 3.43. The Bertz CT molecular complexity index is 401. The van der Waals surface area contributed by atoms with Crippen molar-refractivity contribution in [3.8, 4) is 0 Å². The number of halogens is 2. The molecule has 2 rings (SSSR count). The van der Waals surface area contributed by atoms with Crippen LogP contribution in [-0.4, -0.2) is 42.1 Å². The molecule has 0 radical (unpaired) electrons. The molecule has 3 nitrogen and oxygen atoms in total. The summed E-state index contributed by atoms with van der Waals surface area (Å²) < 4.78 is 0. The van der Waals surface area contributed by atoms with Gasteiger partial charge >= 0.3 is 0 Å². The van der Waals surface area contributed by atoms with Crippen molar-refractivity contribution in [2.24, 2.45) is 0 Å². The molecular formula is C13H19Cl2N3. The molecule has 0 aromatic carbocycles. The maximum absolute atomic E-state index is 6.03. The van der Waals surface area contributed by atoms with E-state index < -0.39 is 0 Å². The van der Waals surface area contributed by atoms with Gasteiger partial charge < -0.3 is 4.90 Å². The van der Waals surface area contributed by atoms with Gasteiger partial charge in [0.1, 0.15) is 5.82 Å². The normalized spacial score (nSPS) is 17.5.